The summed E-state index contributed by atoms with van der Waals surface area (Å²) < 4.78 is 0. The highest BCUT2D eigenvalue weighted by atomic mass is 35.5. The SMILES string of the molecule is NCCCCSCc1ccc(Cl)cc1Cl. The molecule has 0 fully saturated rings. The standard InChI is InChI=1S/C11H15Cl2NS/c12-10-4-3-9(11(13)7-10)8-15-6-2-1-5-14/h3-4,7H,1-2,5-6,8,14H2. The van der Waals surface area contributed by atoms with Crippen molar-refractivity contribution in [1.29, 1.82) is 0 Å². The zero-order valence-corrected chi connectivity index (χ0v) is 10.8. The van der Waals surface area contributed by atoms with Crippen molar-refractivity contribution >= 4 is 35.0 Å². The van der Waals surface area contributed by atoms with E-state index in [1.807, 2.05) is 23.9 Å². The molecular weight excluding hydrogens is 249 g/mol. The molecule has 0 spiro atoms. The van der Waals surface area contributed by atoms with Crippen molar-refractivity contribution in [3.63, 3.8) is 0 Å². The molecule has 1 aromatic carbocycles. The molecule has 0 bridgehead atoms. The van der Waals surface area contributed by atoms with E-state index in [-0.39, 0.29) is 0 Å². The van der Waals surface area contributed by atoms with Gasteiger partial charge in [0.1, 0.15) is 0 Å². The maximum Gasteiger partial charge on any atom is 0.0461 e. The summed E-state index contributed by atoms with van der Waals surface area (Å²) in [5, 5.41) is 1.45. The molecule has 0 aliphatic rings. The summed E-state index contributed by atoms with van der Waals surface area (Å²) in [5.74, 6) is 2.08. The monoisotopic (exact) mass is 263 g/mol. The van der Waals surface area contributed by atoms with Gasteiger partial charge in [-0.2, -0.15) is 11.8 Å². The molecule has 1 rings (SSSR count). The van der Waals surface area contributed by atoms with Crippen LogP contribution < -0.4 is 5.73 Å². The number of rotatable bonds is 6. The lowest BCUT2D eigenvalue weighted by molar-refractivity contribution is 0.814. The van der Waals surface area contributed by atoms with E-state index in [1.165, 1.54) is 6.42 Å². The molecule has 0 amide bonds. The molecule has 0 atom stereocenters. The largest absolute Gasteiger partial charge is 0.330 e. The third-order valence-electron chi connectivity index (χ3n) is 2.02. The minimum absolute atomic E-state index is 0.692. The number of benzene rings is 1. The van der Waals surface area contributed by atoms with E-state index in [0.29, 0.717) is 5.02 Å². The van der Waals surface area contributed by atoms with Gasteiger partial charge >= 0.3 is 0 Å². The Morgan fingerprint density at radius 1 is 1.20 bits per heavy atom. The van der Waals surface area contributed by atoms with Crippen molar-refractivity contribution in [1.82, 2.24) is 0 Å². The highest BCUT2D eigenvalue weighted by Gasteiger charge is 2.00. The first-order valence-corrected chi connectivity index (χ1v) is 6.87. The molecule has 1 aromatic rings. The lowest BCUT2D eigenvalue weighted by atomic mass is 10.2. The zero-order valence-electron chi connectivity index (χ0n) is 8.51. The fourth-order valence-electron chi connectivity index (χ4n) is 1.17. The maximum absolute atomic E-state index is 6.05. The van der Waals surface area contributed by atoms with Crippen LogP contribution in [-0.2, 0) is 5.75 Å². The van der Waals surface area contributed by atoms with Crippen molar-refractivity contribution in [2.24, 2.45) is 5.73 Å². The van der Waals surface area contributed by atoms with Crippen LogP contribution in [0.15, 0.2) is 18.2 Å². The predicted molar refractivity (Wildman–Crippen MR) is 70.9 cm³/mol. The molecule has 0 radical (unpaired) electrons. The smallest absolute Gasteiger partial charge is 0.0461 e. The first-order chi connectivity index (χ1) is 7.24. The zero-order chi connectivity index (χ0) is 11.1. The van der Waals surface area contributed by atoms with Gasteiger partial charge in [0.2, 0.25) is 0 Å². The van der Waals surface area contributed by atoms with E-state index in [1.54, 1.807) is 6.07 Å². The van der Waals surface area contributed by atoms with E-state index in [4.69, 9.17) is 28.9 Å². The third kappa shape index (κ3) is 5.12. The second-order valence-corrected chi connectivity index (χ2v) is 5.23. The van der Waals surface area contributed by atoms with Crippen LogP contribution in [0.1, 0.15) is 18.4 Å². The van der Waals surface area contributed by atoms with Gasteiger partial charge < -0.3 is 5.73 Å². The number of halogens is 2. The lowest BCUT2D eigenvalue weighted by Crippen LogP contribution is -1.98. The van der Waals surface area contributed by atoms with Gasteiger partial charge in [-0.25, -0.2) is 0 Å². The Bertz CT molecular complexity index is 305. The Balaban J connectivity index is 2.31. The van der Waals surface area contributed by atoms with Crippen molar-refractivity contribution < 1.29 is 0 Å². The highest BCUT2D eigenvalue weighted by molar-refractivity contribution is 7.98. The van der Waals surface area contributed by atoms with Crippen LogP contribution in [0, 0.1) is 0 Å². The summed E-state index contributed by atoms with van der Waals surface area (Å²) in [6, 6.07) is 5.66. The van der Waals surface area contributed by atoms with E-state index in [2.05, 4.69) is 0 Å². The highest BCUT2D eigenvalue weighted by Crippen LogP contribution is 2.24. The Hall–Kier alpha value is 0.110. The van der Waals surface area contributed by atoms with Crippen LogP contribution in [0.2, 0.25) is 10.0 Å². The Labute approximate surface area is 105 Å². The lowest BCUT2D eigenvalue weighted by Gasteiger charge is -2.04. The molecule has 0 unspecified atom stereocenters. The minimum atomic E-state index is 0.692. The summed E-state index contributed by atoms with van der Waals surface area (Å²) >= 11 is 13.7. The van der Waals surface area contributed by atoms with E-state index < -0.39 is 0 Å². The van der Waals surface area contributed by atoms with Crippen molar-refractivity contribution in [3.8, 4) is 0 Å². The number of unbranched alkanes of at least 4 members (excludes halogenated alkanes) is 1. The molecule has 0 saturated heterocycles. The normalized spacial score (nSPS) is 10.6. The fourth-order valence-corrected chi connectivity index (χ4v) is 2.75. The summed E-state index contributed by atoms with van der Waals surface area (Å²) in [5.41, 5.74) is 6.57. The number of hydrogen-bond acceptors (Lipinski definition) is 2. The summed E-state index contributed by atoms with van der Waals surface area (Å²) in [4.78, 5) is 0. The molecule has 0 heterocycles. The second-order valence-electron chi connectivity index (χ2n) is 3.28. The van der Waals surface area contributed by atoms with Gasteiger partial charge in [0.05, 0.1) is 0 Å². The van der Waals surface area contributed by atoms with Crippen LogP contribution in [0.4, 0.5) is 0 Å². The molecule has 15 heavy (non-hydrogen) atoms. The van der Waals surface area contributed by atoms with Crippen molar-refractivity contribution in [3.05, 3.63) is 33.8 Å². The first-order valence-electron chi connectivity index (χ1n) is 4.96. The van der Waals surface area contributed by atoms with Crippen molar-refractivity contribution in [2.45, 2.75) is 18.6 Å². The van der Waals surface area contributed by atoms with Gasteiger partial charge in [-0.05, 0) is 42.8 Å². The molecular formula is C11H15Cl2NS. The van der Waals surface area contributed by atoms with Gasteiger partial charge in [0.25, 0.3) is 0 Å². The van der Waals surface area contributed by atoms with Crippen LogP contribution in [0.5, 0.6) is 0 Å². The van der Waals surface area contributed by atoms with Crippen LogP contribution in [-0.4, -0.2) is 12.3 Å². The Kier molecular flexibility index (Phi) is 6.50. The van der Waals surface area contributed by atoms with Crippen LogP contribution in [0.3, 0.4) is 0 Å². The van der Waals surface area contributed by atoms with Gasteiger partial charge in [-0.1, -0.05) is 29.3 Å². The molecule has 84 valence electrons. The van der Waals surface area contributed by atoms with Crippen LogP contribution in [0.25, 0.3) is 0 Å². The average Bonchev–Trinajstić information content (AvgIpc) is 2.20. The number of hydrogen-bond donors (Lipinski definition) is 1. The number of nitrogens with two attached hydrogens (primary N) is 1. The van der Waals surface area contributed by atoms with Gasteiger partial charge in [-0.3, -0.25) is 0 Å². The van der Waals surface area contributed by atoms with E-state index in [9.17, 15) is 0 Å². The van der Waals surface area contributed by atoms with E-state index in [0.717, 1.165) is 35.1 Å². The second kappa shape index (κ2) is 7.39. The molecule has 0 aliphatic carbocycles. The minimum Gasteiger partial charge on any atom is -0.330 e. The van der Waals surface area contributed by atoms with Gasteiger partial charge in [0, 0.05) is 15.8 Å². The Morgan fingerprint density at radius 2 is 2.00 bits per heavy atom. The quantitative estimate of drug-likeness (QED) is 0.787. The molecule has 0 aliphatic heterocycles. The van der Waals surface area contributed by atoms with E-state index >= 15 is 0 Å². The predicted octanol–water partition coefficient (Wildman–Crippen LogP) is 3.97. The Morgan fingerprint density at radius 3 is 2.67 bits per heavy atom. The van der Waals surface area contributed by atoms with Gasteiger partial charge in [0.15, 0.2) is 0 Å². The third-order valence-corrected chi connectivity index (χ3v) is 3.69. The molecule has 1 nitrogen and oxygen atoms in total. The first kappa shape index (κ1) is 13.2. The summed E-state index contributed by atoms with van der Waals surface area (Å²) in [6.45, 7) is 0.780. The molecule has 2 N–H and O–H groups in total. The summed E-state index contributed by atoms with van der Waals surface area (Å²) in [6.07, 6.45) is 2.27. The molecule has 4 heteroatoms. The topological polar surface area (TPSA) is 26.0 Å². The van der Waals surface area contributed by atoms with Gasteiger partial charge in [-0.15, -0.1) is 0 Å². The number of thioether (sulfide) groups is 1. The summed E-state index contributed by atoms with van der Waals surface area (Å²) in [7, 11) is 0. The fraction of sp³-hybridized carbons (Fsp3) is 0.455. The molecule has 0 aromatic heterocycles. The maximum atomic E-state index is 6.05. The average molecular weight is 264 g/mol. The molecule has 0 saturated carbocycles. The van der Waals surface area contributed by atoms with Crippen LogP contribution >= 0.6 is 35.0 Å². The van der Waals surface area contributed by atoms with Crippen molar-refractivity contribution in [2.75, 3.05) is 12.3 Å².